The molecule has 0 aliphatic carbocycles. The number of ether oxygens (including phenoxy) is 2. The molecule has 1 atom stereocenters. The zero-order valence-electron chi connectivity index (χ0n) is 16.4. The summed E-state index contributed by atoms with van der Waals surface area (Å²) >= 11 is 0. The molecule has 0 bridgehead atoms. The van der Waals surface area contributed by atoms with Crippen molar-refractivity contribution in [2.45, 2.75) is 13.0 Å². The van der Waals surface area contributed by atoms with E-state index in [1.54, 1.807) is 24.6 Å². The number of nitriles is 1. The second kappa shape index (κ2) is 8.04. The summed E-state index contributed by atoms with van der Waals surface area (Å²) in [5.74, 6) is 2.46. The minimum atomic E-state index is -0.628. The van der Waals surface area contributed by atoms with Gasteiger partial charge in [0.25, 0.3) is 0 Å². The minimum Gasteiger partial charge on any atom is -0.486 e. The van der Waals surface area contributed by atoms with Gasteiger partial charge >= 0.3 is 6.03 Å². The molecule has 3 heterocycles. The molecule has 0 saturated carbocycles. The van der Waals surface area contributed by atoms with Gasteiger partial charge in [-0.05, 0) is 19.1 Å². The molecule has 0 spiro atoms. The van der Waals surface area contributed by atoms with Crippen LogP contribution >= 0.6 is 0 Å². The highest BCUT2D eigenvalue weighted by molar-refractivity contribution is 5.93. The summed E-state index contributed by atoms with van der Waals surface area (Å²) in [6.45, 7) is 2.55. The largest absolute Gasteiger partial charge is 0.486 e. The lowest BCUT2D eigenvalue weighted by Crippen LogP contribution is -2.35. The van der Waals surface area contributed by atoms with E-state index in [0.29, 0.717) is 53.4 Å². The summed E-state index contributed by atoms with van der Waals surface area (Å²) in [7, 11) is 1.76. The molecular formula is C19H20N8O3. The van der Waals surface area contributed by atoms with Crippen molar-refractivity contribution < 1.29 is 14.3 Å². The van der Waals surface area contributed by atoms with Crippen molar-refractivity contribution in [3.05, 3.63) is 30.5 Å². The fourth-order valence-electron chi connectivity index (χ4n) is 2.99. The molecule has 0 saturated heterocycles. The number of amides is 2. The van der Waals surface area contributed by atoms with Crippen LogP contribution < -0.4 is 30.7 Å². The summed E-state index contributed by atoms with van der Waals surface area (Å²) in [6, 6.07) is 8.14. The maximum absolute atomic E-state index is 12.1. The normalized spacial score (nSPS) is 13.2. The van der Waals surface area contributed by atoms with Crippen LogP contribution in [0.1, 0.15) is 6.92 Å². The van der Waals surface area contributed by atoms with Crippen molar-refractivity contribution in [3.63, 3.8) is 0 Å². The van der Waals surface area contributed by atoms with Gasteiger partial charge in [0.1, 0.15) is 36.6 Å². The number of rotatable bonds is 5. The minimum absolute atomic E-state index is 0.396. The van der Waals surface area contributed by atoms with E-state index in [-0.39, 0.29) is 0 Å². The molecule has 30 heavy (non-hydrogen) atoms. The smallest absolute Gasteiger partial charge is 0.320 e. The van der Waals surface area contributed by atoms with Crippen molar-refractivity contribution in [2.75, 3.05) is 36.2 Å². The van der Waals surface area contributed by atoms with Gasteiger partial charge in [-0.15, -0.1) is 0 Å². The van der Waals surface area contributed by atoms with Crippen molar-refractivity contribution in [1.29, 1.82) is 5.26 Å². The summed E-state index contributed by atoms with van der Waals surface area (Å²) in [5, 5.41) is 24.6. The molecule has 11 nitrogen and oxygen atoms in total. The first-order chi connectivity index (χ1) is 14.6. The van der Waals surface area contributed by atoms with Crippen molar-refractivity contribution >= 4 is 34.7 Å². The molecule has 1 aromatic carbocycles. The highest BCUT2D eigenvalue weighted by atomic mass is 16.6. The summed E-state index contributed by atoms with van der Waals surface area (Å²) < 4.78 is 12.9. The number of fused-ring (bicyclic) bond motifs is 2. The van der Waals surface area contributed by atoms with Crippen molar-refractivity contribution in [3.8, 4) is 17.6 Å². The number of hydrogen-bond donors (Lipinski definition) is 4. The highest BCUT2D eigenvalue weighted by Crippen LogP contribution is 2.38. The third kappa shape index (κ3) is 3.70. The lowest BCUT2D eigenvalue weighted by Gasteiger charge is -2.21. The van der Waals surface area contributed by atoms with Gasteiger partial charge in [0, 0.05) is 13.1 Å². The predicted octanol–water partition coefficient (Wildman–Crippen LogP) is 2.32. The van der Waals surface area contributed by atoms with E-state index in [4.69, 9.17) is 14.7 Å². The van der Waals surface area contributed by atoms with E-state index < -0.39 is 12.1 Å². The molecule has 1 unspecified atom stereocenters. The number of urea groups is 1. The SMILES string of the molecule is CNc1cc(Nc2cccc3c2OCCO3)nc2c(NC(=O)NC(C)C#N)cnn12. The summed E-state index contributed by atoms with van der Waals surface area (Å²) in [6.07, 6.45) is 1.49. The number of carbonyl (C=O) groups excluding carboxylic acids is 1. The van der Waals surface area contributed by atoms with Gasteiger partial charge in [0.15, 0.2) is 17.1 Å². The molecule has 11 heteroatoms. The van der Waals surface area contributed by atoms with E-state index in [1.807, 2.05) is 24.3 Å². The second-order valence-electron chi connectivity index (χ2n) is 6.47. The number of carbonyl (C=O) groups is 1. The van der Waals surface area contributed by atoms with E-state index in [2.05, 4.69) is 31.3 Å². The van der Waals surface area contributed by atoms with Crippen LogP contribution in [0, 0.1) is 11.3 Å². The standard InChI is InChI=1S/C19H20N8O3/c1-11(9-20)23-19(28)25-13-10-22-27-16(21-2)8-15(26-18(13)27)24-12-4-3-5-14-17(12)30-7-6-29-14/h3-5,8,10-11,21H,6-7H2,1-2H3,(H,24,26)(H2,23,25,28). The first-order valence-electron chi connectivity index (χ1n) is 9.28. The Hall–Kier alpha value is -4.20. The lowest BCUT2D eigenvalue weighted by molar-refractivity contribution is 0.172. The van der Waals surface area contributed by atoms with Crippen LogP contribution in [0.2, 0.25) is 0 Å². The summed E-state index contributed by atoms with van der Waals surface area (Å²) in [5.41, 5.74) is 1.53. The molecule has 154 valence electrons. The Morgan fingerprint density at radius 3 is 2.93 bits per heavy atom. The van der Waals surface area contributed by atoms with Crippen LogP contribution in [-0.2, 0) is 0 Å². The second-order valence-corrected chi connectivity index (χ2v) is 6.47. The van der Waals surface area contributed by atoms with Gasteiger partial charge < -0.3 is 30.7 Å². The number of benzene rings is 1. The zero-order chi connectivity index (χ0) is 21.1. The molecule has 0 radical (unpaired) electrons. The van der Waals surface area contributed by atoms with Crippen LogP contribution in [0.3, 0.4) is 0 Å². The Kier molecular flexibility index (Phi) is 5.13. The highest BCUT2D eigenvalue weighted by Gasteiger charge is 2.18. The van der Waals surface area contributed by atoms with Gasteiger partial charge in [0.05, 0.1) is 18.0 Å². The third-order valence-electron chi connectivity index (χ3n) is 4.35. The maximum Gasteiger partial charge on any atom is 0.320 e. The number of anilines is 4. The quantitative estimate of drug-likeness (QED) is 0.505. The molecule has 0 fully saturated rings. The predicted molar refractivity (Wildman–Crippen MR) is 110 cm³/mol. The first kappa shape index (κ1) is 19.1. The Balaban J connectivity index is 1.67. The Labute approximate surface area is 172 Å². The average molecular weight is 408 g/mol. The van der Waals surface area contributed by atoms with E-state index in [0.717, 1.165) is 0 Å². The fraction of sp³-hybridized carbons (Fsp3) is 0.263. The Morgan fingerprint density at radius 1 is 1.30 bits per heavy atom. The van der Waals surface area contributed by atoms with Crippen LogP contribution in [-0.4, -0.2) is 46.9 Å². The molecular weight excluding hydrogens is 388 g/mol. The van der Waals surface area contributed by atoms with Crippen LogP contribution in [0.5, 0.6) is 11.5 Å². The van der Waals surface area contributed by atoms with E-state index in [1.165, 1.54) is 6.20 Å². The van der Waals surface area contributed by atoms with Gasteiger partial charge in [-0.25, -0.2) is 9.78 Å². The van der Waals surface area contributed by atoms with E-state index >= 15 is 0 Å². The zero-order valence-corrected chi connectivity index (χ0v) is 16.4. The topological polar surface area (TPSA) is 138 Å². The van der Waals surface area contributed by atoms with Crippen LogP contribution in [0.15, 0.2) is 30.5 Å². The molecule has 4 N–H and O–H groups in total. The van der Waals surface area contributed by atoms with Gasteiger partial charge in [0.2, 0.25) is 0 Å². The number of nitrogens with zero attached hydrogens (tertiary/aromatic N) is 4. The maximum atomic E-state index is 12.1. The molecule has 2 amide bonds. The fourth-order valence-corrected chi connectivity index (χ4v) is 2.99. The van der Waals surface area contributed by atoms with E-state index in [9.17, 15) is 4.79 Å². The average Bonchev–Trinajstić information content (AvgIpc) is 3.15. The molecule has 3 aromatic rings. The lowest BCUT2D eigenvalue weighted by atomic mass is 10.2. The first-order valence-corrected chi connectivity index (χ1v) is 9.28. The number of aromatic nitrogens is 3. The van der Waals surface area contributed by atoms with Crippen molar-refractivity contribution in [2.24, 2.45) is 0 Å². The Bertz CT molecular complexity index is 1140. The van der Waals surface area contributed by atoms with Gasteiger partial charge in [-0.1, -0.05) is 6.07 Å². The Morgan fingerprint density at radius 2 is 2.13 bits per heavy atom. The number of para-hydroxylation sites is 1. The van der Waals surface area contributed by atoms with Crippen LogP contribution in [0.25, 0.3) is 5.65 Å². The van der Waals surface area contributed by atoms with Crippen molar-refractivity contribution in [1.82, 2.24) is 19.9 Å². The molecule has 1 aliphatic rings. The summed E-state index contributed by atoms with van der Waals surface area (Å²) in [4.78, 5) is 16.7. The van der Waals surface area contributed by atoms with Gasteiger partial charge in [-0.2, -0.15) is 14.9 Å². The number of nitrogens with one attached hydrogen (secondary N) is 4. The van der Waals surface area contributed by atoms with Crippen LogP contribution in [0.4, 0.5) is 27.8 Å². The third-order valence-corrected chi connectivity index (χ3v) is 4.35. The molecule has 1 aliphatic heterocycles. The number of hydrogen-bond acceptors (Lipinski definition) is 8. The molecule has 2 aromatic heterocycles. The molecule has 4 rings (SSSR count). The monoisotopic (exact) mass is 408 g/mol. The van der Waals surface area contributed by atoms with Gasteiger partial charge in [-0.3, -0.25) is 0 Å².